The Hall–Kier alpha value is -1.88. The largest absolute Gasteiger partial charge is 0.338 e. The molecule has 1 aromatic rings. The lowest BCUT2D eigenvalue weighted by molar-refractivity contribution is -0.885. The molecule has 0 spiro atoms. The summed E-state index contributed by atoms with van der Waals surface area (Å²) < 4.78 is 0. The van der Waals surface area contributed by atoms with Crippen LogP contribution in [0.5, 0.6) is 0 Å². The summed E-state index contributed by atoms with van der Waals surface area (Å²) in [5.41, 5.74) is 3.69. The first-order valence-electron chi connectivity index (χ1n) is 7.73. The standard InChI is InChI=1S/C17H27N3O2/c1-12(2)9-18-17(22)19-16(21)11-20(5)10-15-7-6-13(3)8-14(15)4/h6-8,12H,9-11H2,1-5H3,(H2,18,19,21,22)/p+1. The number of likely N-dealkylation sites (N-methyl/N-ethyl adjacent to an activating group) is 1. The van der Waals surface area contributed by atoms with Gasteiger partial charge in [0.1, 0.15) is 6.54 Å². The SMILES string of the molecule is Cc1ccc(C[NH+](C)CC(=O)NC(=O)NCC(C)C)c(C)c1. The molecule has 0 aliphatic carbocycles. The number of carbonyl (C=O) groups excluding carboxylic acids is 2. The van der Waals surface area contributed by atoms with Crippen molar-refractivity contribution in [2.45, 2.75) is 34.2 Å². The number of hydrogen-bond acceptors (Lipinski definition) is 2. The maximum atomic E-state index is 11.8. The monoisotopic (exact) mass is 306 g/mol. The zero-order valence-corrected chi connectivity index (χ0v) is 14.2. The van der Waals surface area contributed by atoms with Crippen molar-refractivity contribution >= 4 is 11.9 Å². The van der Waals surface area contributed by atoms with E-state index >= 15 is 0 Å². The molecule has 1 rings (SSSR count). The van der Waals surface area contributed by atoms with Crippen LogP contribution in [-0.2, 0) is 11.3 Å². The molecule has 0 saturated heterocycles. The summed E-state index contributed by atoms with van der Waals surface area (Å²) in [4.78, 5) is 24.4. The Balaban J connectivity index is 2.42. The number of imide groups is 1. The summed E-state index contributed by atoms with van der Waals surface area (Å²) >= 11 is 0. The highest BCUT2D eigenvalue weighted by Crippen LogP contribution is 2.08. The number of carbonyl (C=O) groups is 2. The Morgan fingerprint density at radius 3 is 2.50 bits per heavy atom. The van der Waals surface area contributed by atoms with Crippen molar-refractivity contribution in [3.8, 4) is 0 Å². The van der Waals surface area contributed by atoms with Crippen LogP contribution in [0, 0.1) is 19.8 Å². The lowest BCUT2D eigenvalue weighted by Gasteiger charge is -2.15. The quantitative estimate of drug-likeness (QED) is 0.728. The normalized spacial score (nSPS) is 12.1. The third-order valence-corrected chi connectivity index (χ3v) is 3.38. The van der Waals surface area contributed by atoms with Gasteiger partial charge in [-0.3, -0.25) is 10.1 Å². The minimum absolute atomic E-state index is 0.261. The minimum Gasteiger partial charge on any atom is -0.338 e. The van der Waals surface area contributed by atoms with Gasteiger partial charge in [0.15, 0.2) is 6.54 Å². The van der Waals surface area contributed by atoms with Crippen molar-refractivity contribution in [3.05, 3.63) is 34.9 Å². The Labute approximate surface area is 133 Å². The van der Waals surface area contributed by atoms with Crippen LogP contribution in [0.3, 0.4) is 0 Å². The fraction of sp³-hybridized carbons (Fsp3) is 0.529. The van der Waals surface area contributed by atoms with Gasteiger partial charge in [0.05, 0.1) is 7.05 Å². The number of urea groups is 1. The third-order valence-electron chi connectivity index (χ3n) is 3.38. The average molecular weight is 306 g/mol. The maximum Gasteiger partial charge on any atom is 0.321 e. The van der Waals surface area contributed by atoms with Crippen molar-refractivity contribution in [1.29, 1.82) is 0 Å². The summed E-state index contributed by atoms with van der Waals surface area (Å²) in [5.74, 6) is 0.0992. The molecule has 0 fully saturated rings. The van der Waals surface area contributed by atoms with E-state index in [2.05, 4.69) is 42.7 Å². The number of quaternary nitrogens is 1. The molecular weight excluding hydrogens is 278 g/mol. The minimum atomic E-state index is -0.419. The van der Waals surface area contributed by atoms with Crippen LogP contribution in [-0.4, -0.2) is 32.1 Å². The summed E-state index contributed by atoms with van der Waals surface area (Å²) in [7, 11) is 1.95. The van der Waals surface area contributed by atoms with Gasteiger partial charge in [-0.25, -0.2) is 4.79 Å². The highest BCUT2D eigenvalue weighted by atomic mass is 16.2. The van der Waals surface area contributed by atoms with Crippen LogP contribution in [0.4, 0.5) is 4.79 Å². The van der Waals surface area contributed by atoms with Crippen molar-refractivity contribution < 1.29 is 14.5 Å². The first-order chi connectivity index (χ1) is 10.3. The van der Waals surface area contributed by atoms with E-state index in [0.717, 1.165) is 11.4 Å². The van der Waals surface area contributed by atoms with E-state index < -0.39 is 6.03 Å². The summed E-state index contributed by atoms with van der Waals surface area (Å²) in [6, 6.07) is 5.90. The van der Waals surface area contributed by atoms with Gasteiger partial charge in [-0.2, -0.15) is 0 Å². The molecule has 0 aliphatic rings. The summed E-state index contributed by atoms with van der Waals surface area (Å²) in [6.07, 6.45) is 0. The lowest BCUT2D eigenvalue weighted by Crippen LogP contribution is -3.09. The molecule has 0 saturated carbocycles. The third kappa shape index (κ3) is 6.72. The molecule has 0 bridgehead atoms. The van der Waals surface area contributed by atoms with E-state index in [1.807, 2.05) is 20.9 Å². The highest BCUT2D eigenvalue weighted by Gasteiger charge is 2.14. The molecule has 22 heavy (non-hydrogen) atoms. The smallest absolute Gasteiger partial charge is 0.321 e. The van der Waals surface area contributed by atoms with Crippen molar-refractivity contribution in [2.24, 2.45) is 5.92 Å². The van der Waals surface area contributed by atoms with Crippen molar-refractivity contribution in [2.75, 3.05) is 20.1 Å². The van der Waals surface area contributed by atoms with Gasteiger partial charge in [0.25, 0.3) is 5.91 Å². The van der Waals surface area contributed by atoms with Crippen molar-refractivity contribution in [1.82, 2.24) is 10.6 Å². The van der Waals surface area contributed by atoms with Gasteiger partial charge < -0.3 is 10.2 Å². The lowest BCUT2D eigenvalue weighted by atomic mass is 10.1. The molecule has 1 atom stereocenters. The average Bonchev–Trinajstić information content (AvgIpc) is 2.39. The maximum absolute atomic E-state index is 11.8. The topological polar surface area (TPSA) is 62.6 Å². The number of hydrogen-bond donors (Lipinski definition) is 3. The molecule has 122 valence electrons. The number of rotatable bonds is 6. The van der Waals surface area contributed by atoms with E-state index in [4.69, 9.17) is 0 Å². The molecule has 0 aromatic heterocycles. The van der Waals surface area contributed by atoms with E-state index in [1.54, 1.807) is 0 Å². The molecule has 3 amide bonds. The molecule has 0 radical (unpaired) electrons. The fourth-order valence-electron chi connectivity index (χ4n) is 2.22. The van der Waals surface area contributed by atoms with Crippen LogP contribution in [0.15, 0.2) is 18.2 Å². The molecule has 5 nitrogen and oxygen atoms in total. The zero-order valence-electron chi connectivity index (χ0n) is 14.2. The van der Waals surface area contributed by atoms with Crippen molar-refractivity contribution in [3.63, 3.8) is 0 Å². The summed E-state index contributed by atoms with van der Waals surface area (Å²) in [6.45, 7) is 9.74. The van der Waals surface area contributed by atoms with Gasteiger partial charge in [0, 0.05) is 12.1 Å². The second-order valence-electron chi connectivity index (χ2n) is 6.39. The van der Waals surface area contributed by atoms with E-state index in [9.17, 15) is 9.59 Å². The highest BCUT2D eigenvalue weighted by molar-refractivity contribution is 5.94. The Bertz CT molecular complexity index is 527. The fourth-order valence-corrected chi connectivity index (χ4v) is 2.22. The molecule has 3 N–H and O–H groups in total. The molecule has 1 unspecified atom stereocenters. The van der Waals surface area contributed by atoms with Crippen LogP contribution in [0.25, 0.3) is 0 Å². The Morgan fingerprint density at radius 2 is 1.91 bits per heavy atom. The van der Waals surface area contributed by atoms with Gasteiger partial charge in [-0.15, -0.1) is 0 Å². The molecular formula is C17H28N3O2+. The van der Waals surface area contributed by atoms with Crippen LogP contribution < -0.4 is 15.5 Å². The van der Waals surface area contributed by atoms with Crippen LogP contribution >= 0.6 is 0 Å². The first kappa shape index (κ1) is 18.2. The van der Waals surface area contributed by atoms with E-state index in [0.29, 0.717) is 12.5 Å². The molecule has 1 aromatic carbocycles. The van der Waals surface area contributed by atoms with E-state index in [-0.39, 0.29) is 12.5 Å². The molecule has 5 heteroatoms. The number of amides is 3. The number of benzene rings is 1. The predicted molar refractivity (Wildman–Crippen MR) is 87.8 cm³/mol. The van der Waals surface area contributed by atoms with Crippen LogP contribution in [0.2, 0.25) is 0 Å². The van der Waals surface area contributed by atoms with Gasteiger partial charge in [-0.05, 0) is 25.3 Å². The number of nitrogens with one attached hydrogen (secondary N) is 3. The molecule has 0 heterocycles. The Kier molecular flexibility index (Phi) is 7.05. The number of aryl methyl sites for hydroxylation is 2. The van der Waals surface area contributed by atoms with Gasteiger partial charge in [0.2, 0.25) is 0 Å². The first-order valence-corrected chi connectivity index (χ1v) is 7.73. The van der Waals surface area contributed by atoms with Gasteiger partial charge in [-0.1, -0.05) is 37.6 Å². The van der Waals surface area contributed by atoms with Gasteiger partial charge >= 0.3 is 6.03 Å². The van der Waals surface area contributed by atoms with Crippen LogP contribution in [0.1, 0.15) is 30.5 Å². The summed E-state index contributed by atoms with van der Waals surface area (Å²) in [5, 5.41) is 5.04. The molecule has 0 aliphatic heterocycles. The zero-order chi connectivity index (χ0) is 16.7. The second-order valence-corrected chi connectivity index (χ2v) is 6.39. The Morgan fingerprint density at radius 1 is 1.23 bits per heavy atom. The second kappa shape index (κ2) is 8.54. The van der Waals surface area contributed by atoms with E-state index in [1.165, 1.54) is 16.7 Å². The predicted octanol–water partition coefficient (Wildman–Crippen LogP) is 0.800.